The highest BCUT2D eigenvalue weighted by Crippen LogP contribution is 2.35. The third-order valence-corrected chi connectivity index (χ3v) is 6.74. The van der Waals surface area contributed by atoms with Crippen LogP contribution < -0.4 is 22.3 Å². The summed E-state index contributed by atoms with van der Waals surface area (Å²) in [6, 6.07) is 3.63. The van der Waals surface area contributed by atoms with Crippen LogP contribution in [0.25, 0.3) is 10.9 Å². The molecule has 2 aromatic rings. The van der Waals surface area contributed by atoms with Gasteiger partial charge in [0.1, 0.15) is 12.4 Å². The van der Waals surface area contributed by atoms with Crippen LogP contribution in [0.5, 0.6) is 5.75 Å². The van der Waals surface area contributed by atoms with E-state index in [0.717, 1.165) is 32.9 Å². The SMILES string of the molecule is CNCSc1[nH]c2c(CN3CCN(C(=O)CCNC(=O)CON)CC3)c(O)ccc2c1CN. The fraction of sp³-hybridized carbons (Fsp3) is 0.524. The van der Waals surface area contributed by atoms with Gasteiger partial charge in [0.25, 0.3) is 0 Å². The number of rotatable bonds is 11. The molecule has 3 rings (SSSR count). The van der Waals surface area contributed by atoms with Crippen molar-refractivity contribution in [1.82, 2.24) is 25.4 Å². The maximum atomic E-state index is 12.4. The van der Waals surface area contributed by atoms with Gasteiger partial charge >= 0.3 is 0 Å². The number of hydrogen-bond donors (Lipinski definition) is 6. The van der Waals surface area contributed by atoms with E-state index in [0.29, 0.717) is 39.3 Å². The van der Waals surface area contributed by atoms with Gasteiger partial charge in [0.15, 0.2) is 0 Å². The number of thioether (sulfide) groups is 1. The molecule has 1 aliphatic heterocycles. The molecule has 0 radical (unpaired) electrons. The lowest BCUT2D eigenvalue weighted by Gasteiger charge is -2.35. The number of phenols is 1. The lowest BCUT2D eigenvalue weighted by Crippen LogP contribution is -2.48. The van der Waals surface area contributed by atoms with Gasteiger partial charge in [-0.2, -0.15) is 0 Å². The van der Waals surface area contributed by atoms with Crippen molar-refractivity contribution in [2.45, 2.75) is 24.5 Å². The molecular formula is C21H33N7O4S. The van der Waals surface area contributed by atoms with Crippen LogP contribution in [0.2, 0.25) is 0 Å². The van der Waals surface area contributed by atoms with Crippen LogP contribution in [0.4, 0.5) is 0 Å². The zero-order chi connectivity index (χ0) is 23.8. The van der Waals surface area contributed by atoms with Crippen molar-refractivity contribution in [3.05, 3.63) is 23.3 Å². The molecule has 0 aliphatic carbocycles. The Morgan fingerprint density at radius 2 is 2.00 bits per heavy atom. The molecule has 2 amide bonds. The van der Waals surface area contributed by atoms with Gasteiger partial charge in [0.2, 0.25) is 11.8 Å². The Kier molecular flexibility index (Phi) is 9.35. The minimum Gasteiger partial charge on any atom is -0.508 e. The summed E-state index contributed by atoms with van der Waals surface area (Å²) in [5, 5.41) is 18.3. The van der Waals surface area contributed by atoms with Crippen LogP contribution in [-0.4, -0.2) is 84.0 Å². The summed E-state index contributed by atoms with van der Waals surface area (Å²) < 4.78 is 0. The first kappa shape index (κ1) is 25.3. The predicted molar refractivity (Wildman–Crippen MR) is 127 cm³/mol. The molecule has 1 fully saturated rings. The summed E-state index contributed by atoms with van der Waals surface area (Å²) in [6.45, 7) is 3.59. The molecule has 33 heavy (non-hydrogen) atoms. The number of nitrogens with two attached hydrogens (primary N) is 2. The first-order chi connectivity index (χ1) is 16.0. The van der Waals surface area contributed by atoms with Crippen molar-refractivity contribution < 1.29 is 19.5 Å². The molecule has 1 aliphatic rings. The van der Waals surface area contributed by atoms with Crippen LogP contribution in [-0.2, 0) is 27.5 Å². The van der Waals surface area contributed by atoms with Gasteiger partial charge in [-0.15, -0.1) is 0 Å². The number of hydrogen-bond acceptors (Lipinski definition) is 9. The monoisotopic (exact) mass is 479 g/mol. The van der Waals surface area contributed by atoms with Gasteiger partial charge in [0.05, 0.1) is 10.5 Å². The zero-order valence-electron chi connectivity index (χ0n) is 18.9. The number of H-pyrrole nitrogens is 1. The Bertz CT molecular complexity index is 960. The summed E-state index contributed by atoms with van der Waals surface area (Å²) in [5.74, 6) is 5.50. The number of carbonyl (C=O) groups is 2. The highest BCUT2D eigenvalue weighted by molar-refractivity contribution is 7.99. The molecule has 0 spiro atoms. The first-order valence-electron chi connectivity index (χ1n) is 10.9. The molecular weight excluding hydrogens is 446 g/mol. The highest BCUT2D eigenvalue weighted by atomic mass is 32.2. The lowest BCUT2D eigenvalue weighted by molar-refractivity contribution is -0.133. The van der Waals surface area contributed by atoms with Gasteiger partial charge in [0, 0.05) is 74.6 Å². The Balaban J connectivity index is 1.60. The number of phenolic OH excluding ortho intramolecular Hbond substituents is 1. The van der Waals surface area contributed by atoms with E-state index in [1.807, 2.05) is 13.1 Å². The minimum absolute atomic E-state index is 0.00304. The smallest absolute Gasteiger partial charge is 0.248 e. The molecule has 1 saturated heterocycles. The second kappa shape index (κ2) is 12.2. The average Bonchev–Trinajstić information content (AvgIpc) is 3.17. The van der Waals surface area contributed by atoms with E-state index in [-0.39, 0.29) is 37.1 Å². The lowest BCUT2D eigenvalue weighted by atomic mass is 10.1. The van der Waals surface area contributed by atoms with Crippen LogP contribution in [0.1, 0.15) is 17.5 Å². The molecule has 1 aromatic carbocycles. The van der Waals surface area contributed by atoms with Gasteiger partial charge in [-0.1, -0.05) is 11.8 Å². The van der Waals surface area contributed by atoms with Gasteiger partial charge in [-0.05, 0) is 19.2 Å². The van der Waals surface area contributed by atoms with Crippen molar-refractivity contribution in [1.29, 1.82) is 0 Å². The van der Waals surface area contributed by atoms with Crippen LogP contribution in [0.15, 0.2) is 17.2 Å². The number of nitrogens with one attached hydrogen (secondary N) is 3. The van der Waals surface area contributed by atoms with Crippen molar-refractivity contribution >= 4 is 34.5 Å². The molecule has 8 N–H and O–H groups in total. The quantitative estimate of drug-likeness (QED) is 0.144. The maximum Gasteiger partial charge on any atom is 0.248 e. The summed E-state index contributed by atoms with van der Waals surface area (Å²) >= 11 is 1.65. The number of piperazine rings is 1. The zero-order valence-corrected chi connectivity index (χ0v) is 19.7. The van der Waals surface area contributed by atoms with E-state index >= 15 is 0 Å². The van der Waals surface area contributed by atoms with Crippen molar-refractivity contribution in [2.75, 3.05) is 52.3 Å². The van der Waals surface area contributed by atoms with E-state index < -0.39 is 0 Å². The third-order valence-electron chi connectivity index (χ3n) is 5.67. The topological polar surface area (TPSA) is 162 Å². The Morgan fingerprint density at radius 3 is 2.67 bits per heavy atom. The largest absolute Gasteiger partial charge is 0.508 e. The number of aromatic amines is 1. The number of benzene rings is 1. The van der Waals surface area contributed by atoms with Crippen LogP contribution in [0.3, 0.4) is 0 Å². The second-order valence-corrected chi connectivity index (χ2v) is 8.82. The van der Waals surface area contributed by atoms with E-state index in [4.69, 9.17) is 11.6 Å². The molecule has 0 saturated carbocycles. The van der Waals surface area contributed by atoms with Crippen molar-refractivity contribution in [2.24, 2.45) is 11.6 Å². The van der Waals surface area contributed by atoms with E-state index in [9.17, 15) is 14.7 Å². The van der Waals surface area contributed by atoms with Gasteiger partial charge in [-0.25, -0.2) is 5.90 Å². The molecule has 11 nitrogen and oxygen atoms in total. The molecule has 2 heterocycles. The standard InChI is InChI=1S/C21H33N7O4S/c1-24-13-33-21-15(10-22)14-2-3-17(29)16(20(14)26-21)11-27-6-8-28(9-7-27)19(31)4-5-25-18(30)12-32-23/h2-3,24,26,29H,4-13,22-23H2,1H3,(H,25,30). The highest BCUT2D eigenvalue weighted by Gasteiger charge is 2.23. The number of fused-ring (bicyclic) bond motifs is 1. The number of amides is 2. The molecule has 0 bridgehead atoms. The fourth-order valence-corrected chi connectivity index (χ4v) is 4.78. The fourth-order valence-electron chi connectivity index (χ4n) is 3.95. The minimum atomic E-state index is -0.348. The number of carbonyl (C=O) groups excluding carboxylic acids is 2. The molecule has 182 valence electrons. The normalized spacial score (nSPS) is 14.7. The van der Waals surface area contributed by atoms with Crippen LogP contribution >= 0.6 is 11.8 Å². The van der Waals surface area contributed by atoms with Gasteiger partial charge < -0.3 is 31.4 Å². The van der Waals surface area contributed by atoms with Crippen molar-refractivity contribution in [3.8, 4) is 5.75 Å². The molecule has 1 aromatic heterocycles. The molecule has 0 atom stereocenters. The average molecular weight is 480 g/mol. The van der Waals surface area contributed by atoms with E-state index in [2.05, 4.69) is 25.4 Å². The van der Waals surface area contributed by atoms with E-state index in [1.54, 1.807) is 22.7 Å². The Labute approximate surface area is 197 Å². The van der Waals surface area contributed by atoms with E-state index in [1.165, 1.54) is 0 Å². The Hall–Kier alpha value is -2.35. The predicted octanol–water partition coefficient (Wildman–Crippen LogP) is -0.358. The van der Waals surface area contributed by atoms with Crippen molar-refractivity contribution in [3.63, 3.8) is 0 Å². The third kappa shape index (κ3) is 6.37. The molecule has 12 heteroatoms. The maximum absolute atomic E-state index is 12.4. The summed E-state index contributed by atoms with van der Waals surface area (Å²) in [5.41, 5.74) is 8.81. The van der Waals surface area contributed by atoms with Crippen LogP contribution in [0, 0.1) is 0 Å². The second-order valence-electron chi connectivity index (χ2n) is 7.83. The summed E-state index contributed by atoms with van der Waals surface area (Å²) in [6.07, 6.45) is 0.230. The summed E-state index contributed by atoms with van der Waals surface area (Å²) in [7, 11) is 1.90. The number of aromatic nitrogens is 1. The molecule has 0 unspecified atom stereocenters. The van der Waals surface area contributed by atoms with Gasteiger partial charge in [-0.3, -0.25) is 19.3 Å². The Morgan fingerprint density at radius 1 is 1.24 bits per heavy atom. The summed E-state index contributed by atoms with van der Waals surface area (Å²) in [4.78, 5) is 35.5. The number of nitrogens with zero attached hydrogens (tertiary/aromatic N) is 2. The first-order valence-corrected chi connectivity index (χ1v) is 11.9. The number of aromatic hydroxyl groups is 1.